The third-order valence-electron chi connectivity index (χ3n) is 4.42. The second-order valence-corrected chi connectivity index (χ2v) is 5.32. The van der Waals surface area contributed by atoms with Crippen LogP contribution in [0.2, 0.25) is 0 Å². The van der Waals surface area contributed by atoms with E-state index in [1.165, 1.54) is 25.7 Å². The van der Waals surface area contributed by atoms with Gasteiger partial charge in [0, 0.05) is 6.42 Å². The first kappa shape index (κ1) is 8.75. The lowest BCUT2D eigenvalue weighted by Gasteiger charge is -2.23. The van der Waals surface area contributed by atoms with Crippen molar-refractivity contribution in [3.05, 3.63) is 0 Å². The number of rotatable bonds is 2. The highest BCUT2D eigenvalue weighted by atomic mass is 16.5. The number of hydrogen-bond donors (Lipinski definition) is 0. The quantitative estimate of drug-likeness (QED) is 0.631. The molecule has 2 saturated carbocycles. The molecule has 2 nitrogen and oxygen atoms in total. The van der Waals surface area contributed by atoms with E-state index in [2.05, 4.69) is 0 Å². The summed E-state index contributed by atoms with van der Waals surface area (Å²) in [6.45, 7) is 0. The summed E-state index contributed by atoms with van der Waals surface area (Å²) in [5, 5.41) is 0. The van der Waals surface area contributed by atoms with E-state index in [4.69, 9.17) is 4.74 Å². The summed E-state index contributed by atoms with van der Waals surface area (Å²) in [4.78, 5) is 11.0. The smallest absolute Gasteiger partial charge is 0.306 e. The van der Waals surface area contributed by atoms with Crippen LogP contribution in [0.25, 0.3) is 0 Å². The molecule has 2 heteroatoms. The third-order valence-corrected chi connectivity index (χ3v) is 4.42. The van der Waals surface area contributed by atoms with Gasteiger partial charge in [0.05, 0.1) is 0 Å². The standard InChI is InChI=1S/C12H18O2/c13-12-4-3-11(14-12)7-10-6-8-1-2-9(10)5-8/h8-11H,1-7H2/t8-,9+,10-,11?/m0/s1. The van der Waals surface area contributed by atoms with Gasteiger partial charge in [-0.15, -0.1) is 0 Å². The van der Waals surface area contributed by atoms with E-state index < -0.39 is 0 Å². The van der Waals surface area contributed by atoms with Crippen molar-refractivity contribution >= 4 is 5.97 Å². The molecule has 0 aromatic heterocycles. The lowest BCUT2D eigenvalue weighted by molar-refractivity contribution is -0.142. The Morgan fingerprint density at radius 1 is 1.21 bits per heavy atom. The van der Waals surface area contributed by atoms with Crippen LogP contribution < -0.4 is 0 Å². The van der Waals surface area contributed by atoms with Crippen LogP contribution in [0.4, 0.5) is 0 Å². The van der Waals surface area contributed by atoms with Gasteiger partial charge in [-0.1, -0.05) is 6.42 Å². The van der Waals surface area contributed by atoms with Crippen LogP contribution >= 0.6 is 0 Å². The summed E-state index contributed by atoms with van der Waals surface area (Å²) in [6, 6.07) is 0. The van der Waals surface area contributed by atoms with Gasteiger partial charge in [-0.05, 0) is 49.9 Å². The van der Waals surface area contributed by atoms with Gasteiger partial charge in [0.2, 0.25) is 0 Å². The van der Waals surface area contributed by atoms with Crippen molar-refractivity contribution in [3.8, 4) is 0 Å². The SMILES string of the molecule is O=C1CCC(C[C@@H]2C[C@H]3CC[C@@H]2C3)O1. The number of esters is 1. The minimum atomic E-state index is 0.0261. The lowest BCUT2D eigenvalue weighted by atomic mass is 9.84. The van der Waals surface area contributed by atoms with Crippen molar-refractivity contribution in [3.63, 3.8) is 0 Å². The lowest BCUT2D eigenvalue weighted by Crippen LogP contribution is -2.18. The van der Waals surface area contributed by atoms with Crippen LogP contribution in [0.1, 0.15) is 44.9 Å². The Kier molecular flexibility index (Phi) is 2.03. The van der Waals surface area contributed by atoms with Crippen molar-refractivity contribution in [2.75, 3.05) is 0 Å². The molecule has 2 bridgehead atoms. The zero-order chi connectivity index (χ0) is 9.54. The molecule has 0 aromatic rings. The van der Waals surface area contributed by atoms with Gasteiger partial charge in [0.15, 0.2) is 0 Å². The Bertz CT molecular complexity index is 249. The minimum absolute atomic E-state index is 0.0261. The summed E-state index contributed by atoms with van der Waals surface area (Å²) in [7, 11) is 0. The van der Waals surface area contributed by atoms with Crippen LogP contribution in [0.3, 0.4) is 0 Å². The molecule has 14 heavy (non-hydrogen) atoms. The van der Waals surface area contributed by atoms with Crippen LogP contribution in [-0.2, 0) is 9.53 Å². The third kappa shape index (κ3) is 1.45. The number of fused-ring (bicyclic) bond motifs is 2. The number of ether oxygens (including phenoxy) is 1. The van der Waals surface area contributed by atoms with Gasteiger partial charge >= 0.3 is 5.97 Å². The van der Waals surface area contributed by atoms with Crippen molar-refractivity contribution in [1.29, 1.82) is 0 Å². The molecule has 1 aliphatic heterocycles. The van der Waals surface area contributed by atoms with E-state index in [1.807, 2.05) is 0 Å². The Morgan fingerprint density at radius 3 is 2.71 bits per heavy atom. The number of carbonyl (C=O) groups excluding carboxylic acids is 1. The molecule has 0 aromatic carbocycles. The van der Waals surface area contributed by atoms with Gasteiger partial charge in [0.1, 0.15) is 6.10 Å². The Morgan fingerprint density at radius 2 is 2.14 bits per heavy atom. The van der Waals surface area contributed by atoms with Crippen molar-refractivity contribution in [2.45, 2.75) is 51.0 Å². The average Bonchev–Trinajstić information content (AvgIpc) is 2.82. The van der Waals surface area contributed by atoms with E-state index in [-0.39, 0.29) is 12.1 Å². The van der Waals surface area contributed by atoms with Crippen LogP contribution in [-0.4, -0.2) is 12.1 Å². The van der Waals surface area contributed by atoms with E-state index in [1.54, 1.807) is 0 Å². The zero-order valence-corrected chi connectivity index (χ0v) is 8.58. The van der Waals surface area contributed by atoms with E-state index in [0.717, 1.165) is 30.6 Å². The summed E-state index contributed by atoms with van der Waals surface area (Å²) < 4.78 is 5.29. The topological polar surface area (TPSA) is 26.3 Å². The molecule has 0 spiro atoms. The second-order valence-electron chi connectivity index (χ2n) is 5.32. The number of hydrogen-bond acceptors (Lipinski definition) is 2. The predicted molar refractivity (Wildman–Crippen MR) is 52.7 cm³/mol. The fraction of sp³-hybridized carbons (Fsp3) is 0.917. The monoisotopic (exact) mass is 194 g/mol. The maximum atomic E-state index is 11.0. The molecule has 2 aliphatic carbocycles. The molecule has 0 N–H and O–H groups in total. The molecule has 0 radical (unpaired) electrons. The van der Waals surface area contributed by atoms with Crippen LogP contribution in [0.5, 0.6) is 0 Å². The molecule has 3 aliphatic rings. The first-order chi connectivity index (χ1) is 6.81. The Hall–Kier alpha value is -0.530. The fourth-order valence-electron chi connectivity index (χ4n) is 3.75. The molecule has 0 amide bonds. The maximum absolute atomic E-state index is 11.0. The van der Waals surface area contributed by atoms with Gasteiger partial charge in [0.25, 0.3) is 0 Å². The summed E-state index contributed by atoms with van der Waals surface area (Å²) in [5.74, 6) is 2.89. The fourth-order valence-corrected chi connectivity index (χ4v) is 3.75. The first-order valence-electron chi connectivity index (χ1n) is 6.01. The van der Waals surface area contributed by atoms with Gasteiger partial charge in [-0.25, -0.2) is 0 Å². The number of cyclic esters (lactones) is 1. The molecule has 1 heterocycles. The molecule has 3 rings (SSSR count). The van der Waals surface area contributed by atoms with Crippen LogP contribution in [0.15, 0.2) is 0 Å². The molecule has 3 fully saturated rings. The zero-order valence-electron chi connectivity index (χ0n) is 8.58. The second kappa shape index (κ2) is 3.25. The highest BCUT2D eigenvalue weighted by Gasteiger charge is 2.41. The Balaban J connectivity index is 1.55. The molecule has 1 saturated heterocycles. The Labute approximate surface area is 85.0 Å². The highest BCUT2D eigenvalue weighted by Crippen LogP contribution is 2.50. The highest BCUT2D eigenvalue weighted by molar-refractivity contribution is 5.71. The van der Waals surface area contributed by atoms with Gasteiger partial charge in [-0.3, -0.25) is 4.79 Å². The number of carbonyl (C=O) groups is 1. The average molecular weight is 194 g/mol. The first-order valence-corrected chi connectivity index (χ1v) is 6.01. The van der Waals surface area contributed by atoms with Crippen molar-refractivity contribution in [2.24, 2.45) is 17.8 Å². The molecule has 4 atom stereocenters. The maximum Gasteiger partial charge on any atom is 0.306 e. The normalized spacial score (nSPS) is 45.9. The molecular weight excluding hydrogens is 176 g/mol. The largest absolute Gasteiger partial charge is 0.462 e. The molecule has 1 unspecified atom stereocenters. The molecule has 78 valence electrons. The molecular formula is C12H18O2. The van der Waals surface area contributed by atoms with E-state index in [9.17, 15) is 4.79 Å². The van der Waals surface area contributed by atoms with Crippen molar-refractivity contribution < 1.29 is 9.53 Å². The minimum Gasteiger partial charge on any atom is -0.462 e. The predicted octanol–water partition coefficient (Wildman–Crippen LogP) is 2.52. The summed E-state index contributed by atoms with van der Waals surface area (Å²) in [5.41, 5.74) is 0. The van der Waals surface area contributed by atoms with Crippen molar-refractivity contribution in [1.82, 2.24) is 0 Å². The summed E-state index contributed by atoms with van der Waals surface area (Å²) in [6.07, 6.45) is 8.85. The van der Waals surface area contributed by atoms with E-state index >= 15 is 0 Å². The summed E-state index contributed by atoms with van der Waals surface area (Å²) >= 11 is 0. The van der Waals surface area contributed by atoms with Gasteiger partial charge < -0.3 is 4.74 Å². The van der Waals surface area contributed by atoms with Gasteiger partial charge in [-0.2, -0.15) is 0 Å². The van der Waals surface area contributed by atoms with E-state index in [0.29, 0.717) is 6.42 Å². The van der Waals surface area contributed by atoms with Crippen LogP contribution in [0, 0.1) is 17.8 Å².